The zero-order chi connectivity index (χ0) is 22.6. The predicted molar refractivity (Wildman–Crippen MR) is 109 cm³/mol. The fraction of sp³-hybridized carbons (Fsp3) is 0.550. The lowest BCUT2D eigenvalue weighted by atomic mass is 10.0. The van der Waals surface area contributed by atoms with Gasteiger partial charge in [-0.2, -0.15) is 13.2 Å². The van der Waals surface area contributed by atoms with Gasteiger partial charge in [0.1, 0.15) is 6.20 Å². The van der Waals surface area contributed by atoms with Gasteiger partial charge >= 0.3 is 17.3 Å². The zero-order valence-electron chi connectivity index (χ0n) is 17.0. The number of halogens is 4. The molecule has 7 nitrogen and oxygen atoms in total. The van der Waals surface area contributed by atoms with Gasteiger partial charge in [-0.15, -0.1) is 0 Å². The van der Waals surface area contributed by atoms with Crippen LogP contribution < -0.4 is 0 Å². The van der Waals surface area contributed by atoms with Crippen LogP contribution in [-0.4, -0.2) is 45.1 Å². The van der Waals surface area contributed by atoms with Crippen molar-refractivity contribution in [1.82, 2.24) is 14.5 Å². The zero-order valence-corrected chi connectivity index (χ0v) is 17.8. The van der Waals surface area contributed by atoms with Gasteiger partial charge in [-0.3, -0.25) is 4.57 Å². The molecule has 2 aromatic rings. The maximum Gasteiger partial charge on any atom is 0.416 e. The highest BCUT2D eigenvalue weighted by molar-refractivity contribution is 6.28. The number of hydrogen-bond acceptors (Lipinski definition) is 5. The monoisotopic (exact) mass is 460 g/mol. The Morgan fingerprint density at radius 3 is 2.45 bits per heavy atom. The first-order valence-electron chi connectivity index (χ1n) is 9.99. The Morgan fingerprint density at radius 2 is 1.90 bits per heavy atom. The Labute approximate surface area is 182 Å². The first-order valence-corrected chi connectivity index (χ1v) is 10.4. The topological polar surface area (TPSA) is 73.4 Å². The highest BCUT2D eigenvalue weighted by Crippen LogP contribution is 2.29. The Balaban J connectivity index is 1.40. The van der Waals surface area contributed by atoms with Crippen LogP contribution in [0.15, 0.2) is 30.5 Å². The number of imidazole rings is 1. The number of alkyl halides is 3. The van der Waals surface area contributed by atoms with Gasteiger partial charge in [0.25, 0.3) is 0 Å². The summed E-state index contributed by atoms with van der Waals surface area (Å²) in [5.74, 6) is -0.0425. The van der Waals surface area contributed by atoms with Crippen LogP contribution in [0, 0.1) is 16.0 Å². The summed E-state index contributed by atoms with van der Waals surface area (Å²) in [6.45, 7) is 5.38. The fourth-order valence-corrected chi connectivity index (χ4v) is 3.90. The molecule has 1 aliphatic heterocycles. The van der Waals surface area contributed by atoms with Crippen LogP contribution in [-0.2, 0) is 24.1 Å². The summed E-state index contributed by atoms with van der Waals surface area (Å²) in [6, 6.07) is 5.05. The van der Waals surface area contributed by atoms with Crippen LogP contribution in [0.4, 0.5) is 19.0 Å². The van der Waals surface area contributed by atoms with Crippen molar-refractivity contribution in [3.8, 4) is 0 Å². The molecule has 170 valence electrons. The maximum absolute atomic E-state index is 12.6. The highest BCUT2D eigenvalue weighted by Gasteiger charge is 2.30. The van der Waals surface area contributed by atoms with E-state index in [0.29, 0.717) is 6.54 Å². The number of hydrogen-bond donors (Lipinski definition) is 0. The molecule has 1 aromatic carbocycles. The van der Waals surface area contributed by atoms with Crippen molar-refractivity contribution < 1.29 is 22.8 Å². The number of nitro groups is 1. The largest absolute Gasteiger partial charge is 0.416 e. The molecular formula is C20H24ClF3N4O3. The molecule has 0 N–H and O–H groups in total. The van der Waals surface area contributed by atoms with E-state index in [9.17, 15) is 23.3 Å². The molecule has 1 aromatic heterocycles. The van der Waals surface area contributed by atoms with Crippen LogP contribution >= 0.6 is 11.6 Å². The molecular weight excluding hydrogens is 437 g/mol. The molecule has 1 fully saturated rings. The van der Waals surface area contributed by atoms with Crippen LogP contribution in [0.1, 0.15) is 30.9 Å². The average molecular weight is 461 g/mol. The van der Waals surface area contributed by atoms with Crippen LogP contribution in [0.2, 0.25) is 5.28 Å². The third kappa shape index (κ3) is 6.65. The van der Waals surface area contributed by atoms with Crippen molar-refractivity contribution in [3.63, 3.8) is 0 Å². The minimum Gasteiger partial charge on any atom is -0.373 e. The molecule has 1 atom stereocenters. The lowest BCUT2D eigenvalue weighted by Crippen LogP contribution is -2.39. The van der Waals surface area contributed by atoms with Crippen LogP contribution in [0.25, 0.3) is 0 Å². The summed E-state index contributed by atoms with van der Waals surface area (Å²) in [4.78, 5) is 16.3. The van der Waals surface area contributed by atoms with E-state index in [1.165, 1.54) is 18.3 Å². The molecule has 0 amide bonds. The fourth-order valence-electron chi connectivity index (χ4n) is 3.69. The summed E-state index contributed by atoms with van der Waals surface area (Å²) in [7, 11) is 0. The quantitative estimate of drug-likeness (QED) is 0.418. The number of piperidine rings is 1. The van der Waals surface area contributed by atoms with E-state index < -0.39 is 16.7 Å². The van der Waals surface area contributed by atoms with E-state index in [2.05, 4.69) is 16.8 Å². The standard InChI is InChI=1S/C20H24ClF3N4O3/c1-14(11-27-12-18(28(29)30)25-19(27)21)10-26-8-6-17(7-9-26)31-13-15-2-4-16(5-3-15)20(22,23)24/h2-5,12,14,17H,6-11,13H2,1H3/t14-/m0/s1. The SMILES string of the molecule is C[C@@H](CN1CCC(OCc2ccc(C(F)(F)F)cc2)CC1)Cn1cc([N+](=O)[O-])nc1Cl. The highest BCUT2D eigenvalue weighted by atomic mass is 35.5. The van der Waals surface area contributed by atoms with Crippen molar-refractivity contribution in [3.05, 3.63) is 57.0 Å². The first kappa shape index (κ1) is 23.5. The molecule has 31 heavy (non-hydrogen) atoms. The third-order valence-electron chi connectivity index (χ3n) is 5.28. The second-order valence-corrected chi connectivity index (χ2v) is 8.23. The normalized spacial score (nSPS) is 17.1. The van der Waals surface area contributed by atoms with Gasteiger partial charge in [0.15, 0.2) is 0 Å². The van der Waals surface area contributed by atoms with Crippen molar-refractivity contribution in [1.29, 1.82) is 0 Å². The molecule has 3 rings (SSSR count). The van der Waals surface area contributed by atoms with Crippen molar-refractivity contribution in [2.45, 2.75) is 45.2 Å². The number of ether oxygens (including phenoxy) is 1. The van der Waals surface area contributed by atoms with E-state index in [4.69, 9.17) is 16.3 Å². The van der Waals surface area contributed by atoms with Crippen LogP contribution in [0.3, 0.4) is 0 Å². The molecule has 0 saturated carbocycles. The molecule has 0 aliphatic carbocycles. The number of rotatable bonds is 8. The van der Waals surface area contributed by atoms with Gasteiger partial charge in [-0.1, -0.05) is 19.1 Å². The Bertz CT molecular complexity index is 881. The van der Waals surface area contributed by atoms with Gasteiger partial charge in [-0.05, 0) is 58.0 Å². The Morgan fingerprint density at radius 1 is 1.26 bits per heavy atom. The van der Waals surface area contributed by atoms with Crippen molar-refractivity contribution in [2.75, 3.05) is 19.6 Å². The molecule has 0 radical (unpaired) electrons. The molecule has 2 heterocycles. The van der Waals surface area contributed by atoms with E-state index >= 15 is 0 Å². The lowest BCUT2D eigenvalue weighted by molar-refractivity contribution is -0.389. The summed E-state index contributed by atoms with van der Waals surface area (Å²) in [6.07, 6.45) is -1.24. The van der Waals surface area contributed by atoms with E-state index in [-0.39, 0.29) is 29.7 Å². The van der Waals surface area contributed by atoms with Gasteiger partial charge < -0.3 is 19.8 Å². The minimum absolute atomic E-state index is 0.0691. The maximum atomic E-state index is 12.6. The van der Waals surface area contributed by atoms with Crippen molar-refractivity contribution in [2.24, 2.45) is 5.92 Å². The van der Waals surface area contributed by atoms with Gasteiger partial charge in [0.2, 0.25) is 0 Å². The van der Waals surface area contributed by atoms with E-state index in [1.54, 1.807) is 4.57 Å². The van der Waals surface area contributed by atoms with Crippen molar-refractivity contribution >= 4 is 17.4 Å². The molecule has 0 bridgehead atoms. The number of aromatic nitrogens is 2. The Kier molecular flexibility index (Phi) is 7.55. The third-order valence-corrected chi connectivity index (χ3v) is 5.58. The average Bonchev–Trinajstić information content (AvgIpc) is 3.07. The number of nitrogens with zero attached hydrogens (tertiary/aromatic N) is 4. The minimum atomic E-state index is -4.33. The van der Waals surface area contributed by atoms with E-state index in [1.807, 2.05) is 0 Å². The summed E-state index contributed by atoms with van der Waals surface area (Å²) < 4.78 is 45.3. The number of benzene rings is 1. The first-order chi connectivity index (χ1) is 14.6. The summed E-state index contributed by atoms with van der Waals surface area (Å²) >= 11 is 5.97. The van der Waals surface area contributed by atoms with Gasteiger partial charge in [0, 0.05) is 26.2 Å². The van der Waals surface area contributed by atoms with Gasteiger partial charge in [-0.25, -0.2) is 0 Å². The van der Waals surface area contributed by atoms with E-state index in [0.717, 1.165) is 50.2 Å². The lowest BCUT2D eigenvalue weighted by Gasteiger charge is -2.33. The molecule has 0 unspecified atom stereocenters. The Hall–Kier alpha value is -2.17. The van der Waals surface area contributed by atoms with Gasteiger partial charge in [0.05, 0.1) is 18.3 Å². The summed E-state index contributed by atoms with van der Waals surface area (Å²) in [5, 5.41) is 10.9. The number of likely N-dealkylation sites (tertiary alicyclic amines) is 1. The predicted octanol–water partition coefficient (Wildman–Crippen LogP) is 4.78. The molecule has 0 spiro atoms. The molecule has 1 aliphatic rings. The molecule has 11 heteroatoms. The smallest absolute Gasteiger partial charge is 0.373 e. The second kappa shape index (κ2) is 9.97. The molecule has 1 saturated heterocycles. The van der Waals surface area contributed by atoms with Crippen LogP contribution in [0.5, 0.6) is 0 Å². The summed E-state index contributed by atoms with van der Waals surface area (Å²) in [5.41, 5.74) is 0.0561. The second-order valence-electron chi connectivity index (χ2n) is 7.89.